The van der Waals surface area contributed by atoms with Crippen molar-refractivity contribution in [3.8, 4) is 11.6 Å². The maximum Gasteiger partial charge on any atom is 0.213 e. The number of rotatable bonds is 3. The second kappa shape index (κ2) is 5.40. The molecular weight excluding hydrogens is 240 g/mol. The fourth-order valence-corrected chi connectivity index (χ4v) is 2.57. The largest absolute Gasteiger partial charge is 0.481 e. The molecule has 1 saturated heterocycles. The molecule has 0 saturated carbocycles. The number of piperidine rings is 1. The minimum atomic E-state index is 0.575. The van der Waals surface area contributed by atoms with Gasteiger partial charge in [-0.15, -0.1) is 0 Å². The lowest BCUT2D eigenvalue weighted by Gasteiger charge is -2.23. The van der Waals surface area contributed by atoms with Crippen LogP contribution in [0.2, 0.25) is 0 Å². The number of pyridine rings is 1. The van der Waals surface area contributed by atoms with E-state index in [1.54, 1.807) is 13.3 Å². The van der Waals surface area contributed by atoms with E-state index in [2.05, 4.69) is 21.5 Å². The number of hydrogen-bond acceptors (Lipinski definition) is 4. The Morgan fingerprint density at radius 1 is 1.26 bits per heavy atom. The van der Waals surface area contributed by atoms with Gasteiger partial charge in [0.05, 0.1) is 19.0 Å². The van der Waals surface area contributed by atoms with Gasteiger partial charge in [0.1, 0.15) is 0 Å². The Labute approximate surface area is 112 Å². The van der Waals surface area contributed by atoms with Crippen LogP contribution in [0, 0.1) is 0 Å². The van der Waals surface area contributed by atoms with Crippen LogP contribution in [0.5, 0.6) is 5.88 Å². The third kappa shape index (κ3) is 2.46. The average molecular weight is 258 g/mol. The van der Waals surface area contributed by atoms with Crippen LogP contribution in [-0.2, 0) is 0 Å². The molecule has 2 aromatic heterocycles. The van der Waals surface area contributed by atoms with Crippen LogP contribution in [0.15, 0.2) is 30.6 Å². The van der Waals surface area contributed by atoms with Crippen LogP contribution in [0.1, 0.15) is 24.5 Å². The van der Waals surface area contributed by atoms with Crippen molar-refractivity contribution >= 4 is 0 Å². The topological polar surface area (TPSA) is 52.0 Å². The summed E-state index contributed by atoms with van der Waals surface area (Å²) in [6.45, 7) is 2.16. The van der Waals surface area contributed by atoms with E-state index in [4.69, 9.17) is 4.74 Å². The fourth-order valence-electron chi connectivity index (χ4n) is 2.57. The molecule has 1 aliphatic heterocycles. The molecular formula is C14H18N4O. The van der Waals surface area contributed by atoms with Gasteiger partial charge in [-0.3, -0.25) is 0 Å². The molecule has 0 atom stereocenters. The van der Waals surface area contributed by atoms with Gasteiger partial charge >= 0.3 is 0 Å². The lowest BCUT2D eigenvalue weighted by molar-refractivity contribution is 0.397. The van der Waals surface area contributed by atoms with Gasteiger partial charge in [0.2, 0.25) is 5.88 Å². The Morgan fingerprint density at radius 3 is 2.79 bits per heavy atom. The van der Waals surface area contributed by atoms with E-state index in [0.717, 1.165) is 31.6 Å². The first-order chi connectivity index (χ1) is 9.38. The first-order valence-electron chi connectivity index (χ1n) is 6.63. The fraction of sp³-hybridized carbons (Fsp3) is 0.429. The third-order valence-electron chi connectivity index (χ3n) is 3.60. The molecule has 5 heteroatoms. The van der Waals surface area contributed by atoms with Crippen molar-refractivity contribution in [2.45, 2.75) is 18.8 Å². The van der Waals surface area contributed by atoms with Crippen LogP contribution in [-0.4, -0.2) is 35.0 Å². The summed E-state index contributed by atoms with van der Waals surface area (Å²) in [5.41, 5.74) is 2.26. The molecule has 0 aliphatic carbocycles. The van der Waals surface area contributed by atoms with Crippen molar-refractivity contribution in [2.75, 3.05) is 20.2 Å². The molecule has 2 aromatic rings. The summed E-state index contributed by atoms with van der Waals surface area (Å²) >= 11 is 0. The van der Waals surface area contributed by atoms with Crippen LogP contribution >= 0.6 is 0 Å². The van der Waals surface area contributed by atoms with Gasteiger partial charge in [-0.1, -0.05) is 0 Å². The lowest BCUT2D eigenvalue weighted by atomic mass is 9.94. The predicted octanol–water partition coefficient (Wildman–Crippen LogP) is 1.74. The maximum absolute atomic E-state index is 5.08. The molecule has 1 N–H and O–H groups in total. The van der Waals surface area contributed by atoms with Gasteiger partial charge in [0, 0.05) is 23.9 Å². The second-order valence-corrected chi connectivity index (χ2v) is 4.75. The standard InChI is InChI=1S/C14H18N4O/c1-19-14-3-2-12(10-16-14)18-13(6-9-17-18)11-4-7-15-8-5-11/h2-3,6,9-11,15H,4-5,7-8H2,1H3. The lowest BCUT2D eigenvalue weighted by Crippen LogP contribution is -2.27. The quantitative estimate of drug-likeness (QED) is 0.911. The molecule has 0 amide bonds. The Balaban J connectivity index is 1.89. The first-order valence-corrected chi connectivity index (χ1v) is 6.63. The van der Waals surface area contributed by atoms with E-state index < -0.39 is 0 Å². The number of nitrogens with one attached hydrogen (secondary N) is 1. The van der Waals surface area contributed by atoms with E-state index in [-0.39, 0.29) is 0 Å². The summed E-state index contributed by atoms with van der Waals surface area (Å²) in [6.07, 6.45) is 5.99. The molecule has 0 spiro atoms. The molecule has 5 nitrogen and oxygen atoms in total. The minimum absolute atomic E-state index is 0.575. The highest BCUT2D eigenvalue weighted by Crippen LogP contribution is 2.26. The number of hydrogen-bond donors (Lipinski definition) is 1. The minimum Gasteiger partial charge on any atom is -0.481 e. The maximum atomic E-state index is 5.08. The van der Waals surface area contributed by atoms with E-state index in [1.165, 1.54) is 5.69 Å². The van der Waals surface area contributed by atoms with Crippen molar-refractivity contribution < 1.29 is 4.74 Å². The molecule has 3 heterocycles. The number of nitrogens with zero attached hydrogens (tertiary/aromatic N) is 3. The highest BCUT2D eigenvalue weighted by molar-refractivity contribution is 5.33. The summed E-state index contributed by atoms with van der Waals surface area (Å²) in [4.78, 5) is 4.24. The molecule has 1 aliphatic rings. The van der Waals surface area contributed by atoms with Crippen LogP contribution in [0.25, 0.3) is 5.69 Å². The van der Waals surface area contributed by atoms with E-state index in [9.17, 15) is 0 Å². The second-order valence-electron chi connectivity index (χ2n) is 4.75. The van der Waals surface area contributed by atoms with Crippen molar-refractivity contribution in [1.29, 1.82) is 0 Å². The van der Waals surface area contributed by atoms with Crippen LogP contribution in [0.3, 0.4) is 0 Å². The Kier molecular flexibility index (Phi) is 3.46. The first kappa shape index (κ1) is 12.2. The molecule has 1 fully saturated rings. The van der Waals surface area contributed by atoms with Gasteiger partial charge < -0.3 is 10.1 Å². The van der Waals surface area contributed by atoms with Crippen molar-refractivity contribution in [2.24, 2.45) is 0 Å². The molecule has 3 rings (SSSR count). The predicted molar refractivity (Wildman–Crippen MR) is 72.8 cm³/mol. The summed E-state index contributed by atoms with van der Waals surface area (Å²) in [6, 6.07) is 5.97. The highest BCUT2D eigenvalue weighted by Gasteiger charge is 2.19. The van der Waals surface area contributed by atoms with Gasteiger partial charge in [-0.25, -0.2) is 9.67 Å². The van der Waals surface area contributed by atoms with Crippen LogP contribution < -0.4 is 10.1 Å². The molecule has 0 bridgehead atoms. The molecule has 19 heavy (non-hydrogen) atoms. The monoisotopic (exact) mass is 258 g/mol. The summed E-state index contributed by atoms with van der Waals surface area (Å²) in [5, 5.41) is 7.82. The number of methoxy groups -OCH3 is 1. The van der Waals surface area contributed by atoms with Crippen molar-refractivity contribution in [3.63, 3.8) is 0 Å². The summed E-state index contributed by atoms with van der Waals surface area (Å²) in [7, 11) is 1.62. The van der Waals surface area contributed by atoms with Crippen LogP contribution in [0.4, 0.5) is 0 Å². The third-order valence-corrected chi connectivity index (χ3v) is 3.60. The summed E-state index contributed by atoms with van der Waals surface area (Å²) < 4.78 is 7.07. The molecule has 0 unspecified atom stereocenters. The number of ether oxygens (including phenoxy) is 1. The Morgan fingerprint density at radius 2 is 2.11 bits per heavy atom. The van der Waals surface area contributed by atoms with E-state index in [0.29, 0.717) is 11.8 Å². The Hall–Kier alpha value is -1.88. The van der Waals surface area contributed by atoms with Gasteiger partial charge in [-0.05, 0) is 38.1 Å². The van der Waals surface area contributed by atoms with Gasteiger partial charge in [0.15, 0.2) is 0 Å². The van der Waals surface area contributed by atoms with Crippen molar-refractivity contribution in [1.82, 2.24) is 20.1 Å². The SMILES string of the molecule is COc1ccc(-n2nccc2C2CCNCC2)cn1. The van der Waals surface area contributed by atoms with Gasteiger partial charge in [0.25, 0.3) is 0 Å². The molecule has 0 aromatic carbocycles. The molecule has 0 radical (unpaired) electrons. The zero-order valence-corrected chi connectivity index (χ0v) is 11.0. The average Bonchev–Trinajstić information content (AvgIpc) is 2.98. The van der Waals surface area contributed by atoms with Gasteiger partial charge in [-0.2, -0.15) is 5.10 Å². The zero-order valence-electron chi connectivity index (χ0n) is 11.0. The zero-order chi connectivity index (χ0) is 13.1. The normalized spacial score (nSPS) is 16.5. The highest BCUT2D eigenvalue weighted by atomic mass is 16.5. The van der Waals surface area contributed by atoms with E-state index >= 15 is 0 Å². The molecule has 100 valence electrons. The Bertz CT molecular complexity index is 529. The summed E-state index contributed by atoms with van der Waals surface area (Å²) in [5.74, 6) is 1.20. The smallest absolute Gasteiger partial charge is 0.213 e. The van der Waals surface area contributed by atoms with E-state index in [1.807, 2.05) is 23.0 Å². The number of aromatic nitrogens is 3. The van der Waals surface area contributed by atoms with Crippen molar-refractivity contribution in [3.05, 3.63) is 36.3 Å².